The lowest BCUT2D eigenvalue weighted by Gasteiger charge is -2.37. The molecule has 0 amide bonds. The van der Waals surface area contributed by atoms with Gasteiger partial charge in [0, 0.05) is 38.8 Å². The maximum absolute atomic E-state index is 11.2. The van der Waals surface area contributed by atoms with Gasteiger partial charge in [0.25, 0.3) is 0 Å². The maximum Gasteiger partial charge on any atom is 0.323 e. The van der Waals surface area contributed by atoms with Gasteiger partial charge < -0.3 is 10.5 Å². The Morgan fingerprint density at radius 3 is 2.31 bits per heavy atom. The van der Waals surface area contributed by atoms with Crippen molar-refractivity contribution < 1.29 is 9.53 Å². The van der Waals surface area contributed by atoms with Crippen molar-refractivity contribution in [3.05, 3.63) is 0 Å². The minimum absolute atomic E-state index is 0.328. The average Bonchev–Trinajstić information content (AvgIpc) is 2.28. The number of hydrogen-bond donors (Lipinski definition) is 1. The zero-order valence-corrected chi connectivity index (χ0v) is 10.5. The monoisotopic (exact) mass is 229 g/mol. The van der Waals surface area contributed by atoms with E-state index in [2.05, 4.69) is 28.4 Å². The van der Waals surface area contributed by atoms with E-state index < -0.39 is 6.04 Å². The first-order valence-corrected chi connectivity index (χ1v) is 5.84. The predicted molar refractivity (Wildman–Crippen MR) is 63.1 cm³/mol. The normalized spacial score (nSPS) is 21.1. The summed E-state index contributed by atoms with van der Waals surface area (Å²) in [6.07, 6.45) is 0. The third kappa shape index (κ3) is 3.73. The molecule has 2 N–H and O–H groups in total. The Balaban J connectivity index is 2.29. The zero-order valence-electron chi connectivity index (χ0n) is 10.5. The molecule has 1 heterocycles. The van der Waals surface area contributed by atoms with Crippen LogP contribution in [0, 0.1) is 0 Å². The van der Waals surface area contributed by atoms with Crippen LogP contribution in [0.4, 0.5) is 0 Å². The Bertz CT molecular complexity index is 225. The van der Waals surface area contributed by atoms with Gasteiger partial charge in [0.1, 0.15) is 6.04 Å². The van der Waals surface area contributed by atoms with E-state index in [1.165, 1.54) is 7.11 Å². The number of rotatable bonds is 4. The van der Waals surface area contributed by atoms with E-state index in [0.29, 0.717) is 12.6 Å². The molecule has 1 fully saturated rings. The van der Waals surface area contributed by atoms with Crippen molar-refractivity contribution in [3.63, 3.8) is 0 Å². The van der Waals surface area contributed by atoms with Crippen molar-refractivity contribution in [2.24, 2.45) is 5.73 Å². The van der Waals surface area contributed by atoms with E-state index in [-0.39, 0.29) is 5.97 Å². The number of hydrogen-bond acceptors (Lipinski definition) is 5. The van der Waals surface area contributed by atoms with Crippen LogP contribution in [0.15, 0.2) is 0 Å². The molecule has 1 aliphatic rings. The molecule has 1 rings (SSSR count). The molecule has 5 heteroatoms. The molecular weight excluding hydrogens is 206 g/mol. The molecule has 0 bridgehead atoms. The lowest BCUT2D eigenvalue weighted by Crippen LogP contribution is -2.53. The van der Waals surface area contributed by atoms with E-state index in [4.69, 9.17) is 5.73 Å². The van der Waals surface area contributed by atoms with Crippen molar-refractivity contribution in [1.82, 2.24) is 9.80 Å². The molecule has 5 nitrogen and oxygen atoms in total. The lowest BCUT2D eigenvalue weighted by atomic mass is 10.2. The fourth-order valence-corrected chi connectivity index (χ4v) is 1.97. The number of esters is 1. The minimum Gasteiger partial charge on any atom is -0.468 e. The van der Waals surface area contributed by atoms with Crippen LogP contribution in [0.2, 0.25) is 0 Å². The van der Waals surface area contributed by atoms with Crippen LogP contribution in [0.1, 0.15) is 13.8 Å². The highest BCUT2D eigenvalue weighted by molar-refractivity contribution is 5.75. The Morgan fingerprint density at radius 2 is 1.88 bits per heavy atom. The summed E-state index contributed by atoms with van der Waals surface area (Å²) < 4.78 is 4.61. The predicted octanol–water partition coefficient (Wildman–Crippen LogP) is -0.487. The topological polar surface area (TPSA) is 58.8 Å². The molecule has 0 aromatic carbocycles. The molecule has 0 aromatic rings. The van der Waals surface area contributed by atoms with Gasteiger partial charge in [-0.25, -0.2) is 0 Å². The van der Waals surface area contributed by atoms with Gasteiger partial charge in [0.15, 0.2) is 0 Å². The van der Waals surface area contributed by atoms with Crippen LogP contribution in [-0.2, 0) is 9.53 Å². The van der Waals surface area contributed by atoms with Crippen LogP contribution in [0.3, 0.4) is 0 Å². The van der Waals surface area contributed by atoms with Gasteiger partial charge in [-0.3, -0.25) is 14.6 Å². The fourth-order valence-electron chi connectivity index (χ4n) is 1.97. The quantitative estimate of drug-likeness (QED) is 0.659. The highest BCUT2D eigenvalue weighted by Gasteiger charge is 2.22. The number of carbonyl (C=O) groups is 1. The van der Waals surface area contributed by atoms with Crippen molar-refractivity contribution in [3.8, 4) is 0 Å². The average molecular weight is 229 g/mol. The van der Waals surface area contributed by atoms with Crippen LogP contribution in [0.25, 0.3) is 0 Å². The number of nitrogens with zero attached hydrogens (tertiary/aromatic N) is 2. The molecular formula is C11H23N3O2. The largest absolute Gasteiger partial charge is 0.468 e. The number of carbonyl (C=O) groups excluding carboxylic acids is 1. The molecule has 1 saturated heterocycles. The Labute approximate surface area is 97.5 Å². The van der Waals surface area contributed by atoms with Crippen molar-refractivity contribution >= 4 is 5.97 Å². The minimum atomic E-state index is -0.518. The zero-order chi connectivity index (χ0) is 12.1. The van der Waals surface area contributed by atoms with Gasteiger partial charge in [0.05, 0.1) is 7.11 Å². The SMILES string of the molecule is COC(=O)C(N)CN1CCN(C(C)C)CC1. The number of piperazine rings is 1. The van der Waals surface area contributed by atoms with Crippen LogP contribution >= 0.6 is 0 Å². The van der Waals surface area contributed by atoms with Gasteiger partial charge in [-0.15, -0.1) is 0 Å². The maximum atomic E-state index is 11.2. The smallest absolute Gasteiger partial charge is 0.323 e. The molecule has 0 saturated carbocycles. The molecule has 1 aliphatic heterocycles. The standard InChI is InChI=1S/C11H23N3O2/c1-9(2)14-6-4-13(5-7-14)8-10(12)11(15)16-3/h9-10H,4-8,12H2,1-3H3. The molecule has 16 heavy (non-hydrogen) atoms. The molecule has 0 spiro atoms. The Morgan fingerprint density at radius 1 is 1.31 bits per heavy atom. The third-order valence-corrected chi connectivity index (χ3v) is 3.10. The third-order valence-electron chi connectivity index (χ3n) is 3.10. The summed E-state index contributed by atoms with van der Waals surface area (Å²) in [4.78, 5) is 15.8. The summed E-state index contributed by atoms with van der Waals surface area (Å²) in [6.45, 7) is 9.05. The second kappa shape index (κ2) is 6.18. The Kier molecular flexibility index (Phi) is 5.18. The first kappa shape index (κ1) is 13.4. The molecule has 0 radical (unpaired) electrons. The van der Waals surface area contributed by atoms with Crippen molar-refractivity contribution in [1.29, 1.82) is 0 Å². The fraction of sp³-hybridized carbons (Fsp3) is 0.909. The van der Waals surface area contributed by atoms with E-state index in [0.717, 1.165) is 26.2 Å². The second-order valence-corrected chi connectivity index (χ2v) is 4.56. The van der Waals surface area contributed by atoms with Crippen LogP contribution in [-0.4, -0.2) is 67.7 Å². The van der Waals surface area contributed by atoms with Gasteiger partial charge >= 0.3 is 5.97 Å². The molecule has 0 aliphatic carbocycles. The van der Waals surface area contributed by atoms with Crippen molar-refractivity contribution in [2.45, 2.75) is 25.9 Å². The van der Waals surface area contributed by atoms with Gasteiger partial charge in [-0.2, -0.15) is 0 Å². The number of ether oxygens (including phenoxy) is 1. The van der Waals surface area contributed by atoms with Crippen molar-refractivity contribution in [2.75, 3.05) is 39.8 Å². The summed E-state index contributed by atoms with van der Waals surface area (Å²) in [5.41, 5.74) is 5.72. The summed E-state index contributed by atoms with van der Waals surface area (Å²) in [5, 5.41) is 0. The molecule has 0 aromatic heterocycles. The number of nitrogens with two attached hydrogens (primary N) is 1. The molecule has 1 atom stereocenters. The van der Waals surface area contributed by atoms with Gasteiger partial charge in [-0.1, -0.05) is 0 Å². The summed E-state index contributed by atoms with van der Waals surface area (Å²) in [5.74, 6) is -0.328. The highest BCUT2D eigenvalue weighted by Crippen LogP contribution is 2.06. The highest BCUT2D eigenvalue weighted by atomic mass is 16.5. The van der Waals surface area contributed by atoms with E-state index in [9.17, 15) is 4.79 Å². The second-order valence-electron chi connectivity index (χ2n) is 4.56. The van der Waals surface area contributed by atoms with Crippen LogP contribution in [0.5, 0.6) is 0 Å². The van der Waals surface area contributed by atoms with Crippen LogP contribution < -0.4 is 5.73 Å². The van der Waals surface area contributed by atoms with E-state index in [1.54, 1.807) is 0 Å². The van der Waals surface area contributed by atoms with E-state index in [1.807, 2.05) is 0 Å². The number of methoxy groups -OCH3 is 1. The van der Waals surface area contributed by atoms with Gasteiger partial charge in [-0.05, 0) is 13.8 Å². The van der Waals surface area contributed by atoms with E-state index >= 15 is 0 Å². The first-order valence-electron chi connectivity index (χ1n) is 5.84. The first-order chi connectivity index (χ1) is 7.54. The summed E-state index contributed by atoms with van der Waals surface area (Å²) in [7, 11) is 1.37. The summed E-state index contributed by atoms with van der Waals surface area (Å²) >= 11 is 0. The summed E-state index contributed by atoms with van der Waals surface area (Å²) in [6, 6.07) is 0.0760. The lowest BCUT2D eigenvalue weighted by molar-refractivity contribution is -0.142. The Hall–Kier alpha value is -0.650. The van der Waals surface area contributed by atoms with Gasteiger partial charge in [0.2, 0.25) is 0 Å². The molecule has 1 unspecified atom stereocenters. The molecule has 94 valence electrons.